The summed E-state index contributed by atoms with van der Waals surface area (Å²) in [7, 11) is 0. The van der Waals surface area contributed by atoms with Gasteiger partial charge in [0.1, 0.15) is 6.04 Å². The van der Waals surface area contributed by atoms with Crippen molar-refractivity contribution in [1.82, 2.24) is 5.32 Å². The summed E-state index contributed by atoms with van der Waals surface area (Å²) in [4.78, 5) is 11.5. The Morgan fingerprint density at radius 2 is 2.25 bits per heavy atom. The van der Waals surface area contributed by atoms with Crippen LogP contribution in [0, 0.1) is 5.92 Å². The van der Waals surface area contributed by atoms with Gasteiger partial charge in [0.2, 0.25) is 0 Å². The Bertz CT molecular complexity index is 220. The monoisotopic (exact) mass is 229 g/mol. The molecule has 3 atom stereocenters. The maximum atomic E-state index is 11.5. The molecule has 4 heteroatoms. The lowest BCUT2D eigenvalue weighted by molar-refractivity contribution is -0.145. The zero-order valence-electron chi connectivity index (χ0n) is 10.2. The van der Waals surface area contributed by atoms with Gasteiger partial charge in [-0.15, -0.1) is 0 Å². The van der Waals surface area contributed by atoms with E-state index >= 15 is 0 Å². The average molecular weight is 229 g/mol. The van der Waals surface area contributed by atoms with Gasteiger partial charge in [-0.1, -0.05) is 6.92 Å². The molecule has 3 unspecified atom stereocenters. The van der Waals surface area contributed by atoms with Crippen LogP contribution in [0.1, 0.15) is 39.5 Å². The Morgan fingerprint density at radius 1 is 1.50 bits per heavy atom. The first-order valence-corrected chi connectivity index (χ1v) is 6.25. The van der Waals surface area contributed by atoms with Crippen molar-refractivity contribution < 1.29 is 14.6 Å². The summed E-state index contributed by atoms with van der Waals surface area (Å²) in [6, 6.07) is -0.197. The van der Waals surface area contributed by atoms with Crippen LogP contribution in [0.2, 0.25) is 0 Å². The molecule has 0 heterocycles. The van der Waals surface area contributed by atoms with E-state index in [9.17, 15) is 9.90 Å². The number of aliphatic hydroxyl groups excluding tert-OH is 1. The van der Waals surface area contributed by atoms with Gasteiger partial charge in [-0.25, -0.2) is 0 Å². The Kier molecular flexibility index (Phi) is 5.77. The summed E-state index contributed by atoms with van der Waals surface area (Å²) in [5.41, 5.74) is 0. The number of carbonyl (C=O) groups is 1. The van der Waals surface area contributed by atoms with Gasteiger partial charge in [-0.05, 0) is 45.1 Å². The van der Waals surface area contributed by atoms with Crippen LogP contribution in [-0.4, -0.2) is 36.4 Å². The molecule has 1 fully saturated rings. The Balaban J connectivity index is 2.25. The highest BCUT2D eigenvalue weighted by atomic mass is 16.5. The zero-order valence-corrected chi connectivity index (χ0v) is 10.2. The molecule has 0 spiro atoms. The molecule has 1 aliphatic rings. The lowest BCUT2D eigenvalue weighted by atomic mass is 10.1. The molecule has 16 heavy (non-hydrogen) atoms. The predicted octanol–water partition coefficient (Wildman–Crippen LogP) is 1.08. The van der Waals surface area contributed by atoms with E-state index in [0.717, 1.165) is 32.2 Å². The van der Waals surface area contributed by atoms with Gasteiger partial charge in [0.15, 0.2) is 0 Å². The van der Waals surface area contributed by atoms with E-state index in [1.54, 1.807) is 0 Å². The Hall–Kier alpha value is -0.610. The molecule has 1 saturated carbocycles. The lowest BCUT2D eigenvalue weighted by Crippen LogP contribution is -2.39. The molecule has 0 bridgehead atoms. The van der Waals surface area contributed by atoms with Gasteiger partial charge in [0.05, 0.1) is 12.7 Å². The highest BCUT2D eigenvalue weighted by Crippen LogP contribution is 2.24. The van der Waals surface area contributed by atoms with Gasteiger partial charge in [0.25, 0.3) is 0 Å². The minimum absolute atomic E-state index is 0.144. The molecule has 0 amide bonds. The SMILES string of the molecule is CCOC(=O)C(CC)NCC1CCC(O)C1. The number of esters is 1. The smallest absolute Gasteiger partial charge is 0.323 e. The van der Waals surface area contributed by atoms with Crippen LogP contribution in [0.5, 0.6) is 0 Å². The van der Waals surface area contributed by atoms with Gasteiger partial charge < -0.3 is 15.2 Å². The van der Waals surface area contributed by atoms with Gasteiger partial charge in [0, 0.05) is 0 Å². The first kappa shape index (κ1) is 13.5. The zero-order chi connectivity index (χ0) is 12.0. The van der Waals surface area contributed by atoms with Crippen molar-refractivity contribution in [3.05, 3.63) is 0 Å². The van der Waals surface area contributed by atoms with E-state index in [-0.39, 0.29) is 18.1 Å². The third kappa shape index (κ3) is 4.10. The Morgan fingerprint density at radius 3 is 2.75 bits per heavy atom. The van der Waals surface area contributed by atoms with Crippen molar-refractivity contribution in [3.8, 4) is 0 Å². The molecule has 0 aromatic rings. The van der Waals surface area contributed by atoms with E-state index in [1.807, 2.05) is 13.8 Å². The van der Waals surface area contributed by atoms with Crippen molar-refractivity contribution in [3.63, 3.8) is 0 Å². The fraction of sp³-hybridized carbons (Fsp3) is 0.917. The van der Waals surface area contributed by atoms with Crippen molar-refractivity contribution in [2.45, 2.75) is 51.7 Å². The van der Waals surface area contributed by atoms with Crippen LogP contribution >= 0.6 is 0 Å². The van der Waals surface area contributed by atoms with Crippen molar-refractivity contribution in [1.29, 1.82) is 0 Å². The second-order valence-electron chi connectivity index (χ2n) is 4.45. The lowest BCUT2D eigenvalue weighted by Gasteiger charge is -2.18. The highest BCUT2D eigenvalue weighted by Gasteiger charge is 2.24. The topological polar surface area (TPSA) is 58.6 Å². The maximum absolute atomic E-state index is 11.5. The number of carbonyl (C=O) groups excluding carboxylic acids is 1. The molecular formula is C12H23NO3. The van der Waals surface area contributed by atoms with Gasteiger partial charge in [-0.3, -0.25) is 4.79 Å². The number of nitrogens with one attached hydrogen (secondary N) is 1. The van der Waals surface area contributed by atoms with E-state index < -0.39 is 0 Å². The van der Waals surface area contributed by atoms with Crippen molar-refractivity contribution in [2.24, 2.45) is 5.92 Å². The third-order valence-electron chi connectivity index (χ3n) is 3.15. The van der Waals surface area contributed by atoms with Crippen molar-refractivity contribution >= 4 is 5.97 Å². The van der Waals surface area contributed by atoms with E-state index in [1.165, 1.54) is 0 Å². The summed E-state index contributed by atoms with van der Waals surface area (Å²) in [6.45, 7) is 5.02. The highest BCUT2D eigenvalue weighted by molar-refractivity contribution is 5.75. The molecule has 4 nitrogen and oxygen atoms in total. The Labute approximate surface area is 97.4 Å². The molecular weight excluding hydrogens is 206 g/mol. The van der Waals surface area contributed by atoms with E-state index in [4.69, 9.17) is 4.74 Å². The molecule has 1 rings (SSSR count). The molecule has 0 saturated heterocycles. The van der Waals surface area contributed by atoms with Crippen LogP contribution in [0.4, 0.5) is 0 Å². The first-order chi connectivity index (χ1) is 7.67. The number of rotatable bonds is 6. The molecule has 0 radical (unpaired) electrons. The first-order valence-electron chi connectivity index (χ1n) is 6.25. The largest absolute Gasteiger partial charge is 0.465 e. The summed E-state index contributed by atoms with van der Waals surface area (Å²) in [6.07, 6.45) is 3.39. The third-order valence-corrected chi connectivity index (χ3v) is 3.15. The average Bonchev–Trinajstić information content (AvgIpc) is 2.65. The van der Waals surface area contributed by atoms with Crippen molar-refractivity contribution in [2.75, 3.05) is 13.2 Å². The number of hydrogen-bond donors (Lipinski definition) is 2. The van der Waals surface area contributed by atoms with Gasteiger partial charge in [-0.2, -0.15) is 0 Å². The van der Waals surface area contributed by atoms with Gasteiger partial charge >= 0.3 is 5.97 Å². The quantitative estimate of drug-likeness (QED) is 0.669. The fourth-order valence-corrected chi connectivity index (χ4v) is 2.18. The second kappa shape index (κ2) is 6.86. The van der Waals surface area contributed by atoms with Crippen LogP contribution in [-0.2, 0) is 9.53 Å². The van der Waals surface area contributed by atoms with E-state index in [2.05, 4.69) is 5.32 Å². The normalized spacial score (nSPS) is 26.7. The maximum Gasteiger partial charge on any atom is 0.323 e. The molecule has 2 N–H and O–H groups in total. The summed E-state index contributed by atoms with van der Waals surface area (Å²) in [5.74, 6) is 0.335. The minimum Gasteiger partial charge on any atom is -0.465 e. The second-order valence-corrected chi connectivity index (χ2v) is 4.45. The number of aliphatic hydroxyl groups is 1. The van der Waals surface area contributed by atoms with Crippen LogP contribution < -0.4 is 5.32 Å². The molecule has 94 valence electrons. The minimum atomic E-state index is -0.197. The molecule has 0 aromatic heterocycles. The molecule has 1 aliphatic carbocycles. The van der Waals surface area contributed by atoms with Crippen LogP contribution in [0.25, 0.3) is 0 Å². The molecule has 0 aliphatic heterocycles. The molecule has 0 aromatic carbocycles. The fourth-order valence-electron chi connectivity index (χ4n) is 2.18. The summed E-state index contributed by atoms with van der Waals surface area (Å²) >= 11 is 0. The van der Waals surface area contributed by atoms with E-state index in [0.29, 0.717) is 12.5 Å². The standard InChI is InChI=1S/C12H23NO3/c1-3-11(12(15)16-4-2)13-8-9-5-6-10(14)7-9/h9-11,13-14H,3-8H2,1-2H3. The number of ether oxygens (including phenoxy) is 1. The van der Waals surface area contributed by atoms with Crippen LogP contribution in [0.3, 0.4) is 0 Å². The number of hydrogen-bond acceptors (Lipinski definition) is 4. The predicted molar refractivity (Wildman–Crippen MR) is 62.1 cm³/mol. The summed E-state index contributed by atoms with van der Waals surface area (Å²) in [5, 5.41) is 12.6. The summed E-state index contributed by atoms with van der Waals surface area (Å²) < 4.78 is 4.98. The van der Waals surface area contributed by atoms with Crippen LogP contribution in [0.15, 0.2) is 0 Å².